The van der Waals surface area contributed by atoms with E-state index in [2.05, 4.69) is 0 Å². The number of allylic oxidation sites excluding steroid dienone is 1. The van der Waals surface area contributed by atoms with Gasteiger partial charge in [0.05, 0.1) is 18.9 Å². The lowest BCUT2D eigenvalue weighted by molar-refractivity contribution is 0.0570. The number of carbonyl (C=O) groups excluding carboxylic acids is 1. The van der Waals surface area contributed by atoms with Gasteiger partial charge in [-0.25, -0.2) is 4.98 Å². The highest BCUT2D eigenvalue weighted by Crippen LogP contribution is 2.39. The van der Waals surface area contributed by atoms with Gasteiger partial charge < -0.3 is 25.5 Å². The molecule has 8 heteroatoms. The molecule has 0 spiro atoms. The Hall–Kier alpha value is -2.71. The molecule has 2 aromatic rings. The Balaban J connectivity index is 1.63. The Morgan fingerprint density at radius 2 is 2.37 bits per heavy atom. The van der Waals surface area contributed by atoms with E-state index >= 15 is 0 Å². The minimum absolute atomic E-state index is 0.00474. The predicted molar refractivity (Wildman–Crippen MR) is 118 cm³/mol. The summed E-state index contributed by atoms with van der Waals surface area (Å²) in [6.45, 7) is 2.69. The number of ether oxygens (including phenoxy) is 2. The Labute approximate surface area is 180 Å². The van der Waals surface area contributed by atoms with Crippen molar-refractivity contribution in [3.05, 3.63) is 39.8 Å². The van der Waals surface area contributed by atoms with E-state index in [1.807, 2.05) is 23.1 Å². The highest BCUT2D eigenvalue weighted by molar-refractivity contribution is 7.14. The molecular formula is C22H26N4O3S. The van der Waals surface area contributed by atoms with Crippen LogP contribution in [0.2, 0.25) is 0 Å². The second-order valence-electron chi connectivity index (χ2n) is 7.58. The molecule has 3 N–H and O–H groups in total. The molecule has 158 valence electrons. The number of hydrogen-bond donors (Lipinski definition) is 2. The normalized spacial score (nSPS) is 18.8. The van der Waals surface area contributed by atoms with Crippen LogP contribution in [-0.4, -0.2) is 55.4 Å². The number of amides is 1. The topological polar surface area (TPSA) is 102 Å². The van der Waals surface area contributed by atoms with Gasteiger partial charge in [0.25, 0.3) is 5.91 Å². The molecule has 1 aromatic carbocycles. The van der Waals surface area contributed by atoms with Crippen LogP contribution in [0.3, 0.4) is 0 Å². The maximum Gasteiger partial charge on any atom is 0.282 e. The second kappa shape index (κ2) is 8.97. The van der Waals surface area contributed by atoms with Gasteiger partial charge in [0.15, 0.2) is 5.01 Å². The smallest absolute Gasteiger partial charge is 0.282 e. The number of aromatic nitrogens is 1. The summed E-state index contributed by atoms with van der Waals surface area (Å²) in [6.07, 6.45) is 5.42. The number of nitrogens with zero attached hydrogens (tertiary/aromatic N) is 2. The van der Waals surface area contributed by atoms with Crippen molar-refractivity contribution in [2.75, 3.05) is 33.4 Å². The maximum atomic E-state index is 13.1. The van der Waals surface area contributed by atoms with Crippen LogP contribution >= 0.6 is 11.3 Å². The van der Waals surface area contributed by atoms with Gasteiger partial charge in [0, 0.05) is 55.0 Å². The van der Waals surface area contributed by atoms with Gasteiger partial charge in [0.2, 0.25) is 0 Å². The van der Waals surface area contributed by atoms with Crippen molar-refractivity contribution in [2.45, 2.75) is 19.3 Å². The zero-order valence-corrected chi connectivity index (χ0v) is 17.8. The second-order valence-corrected chi connectivity index (χ2v) is 8.66. The highest BCUT2D eigenvalue weighted by atomic mass is 32.1. The molecule has 4 rings (SSSR count). The molecule has 0 unspecified atom stereocenters. The predicted octanol–water partition coefficient (Wildman–Crippen LogP) is 3.19. The molecule has 0 saturated carbocycles. The zero-order valence-electron chi connectivity index (χ0n) is 17.0. The summed E-state index contributed by atoms with van der Waals surface area (Å²) in [5.41, 5.74) is 8.75. The van der Waals surface area contributed by atoms with Crippen LogP contribution in [0.4, 0.5) is 0 Å². The third-order valence-electron chi connectivity index (χ3n) is 5.58. The monoisotopic (exact) mass is 426 g/mol. The number of nitrogens with one attached hydrogen (secondary N) is 1. The number of nitrogens with two attached hydrogens (primary N) is 1. The first kappa shape index (κ1) is 20.6. The summed E-state index contributed by atoms with van der Waals surface area (Å²) in [4.78, 5) is 20.9. The summed E-state index contributed by atoms with van der Waals surface area (Å²) in [5.74, 6) is 1.09. The van der Waals surface area contributed by atoms with E-state index in [1.165, 1.54) is 23.8 Å². The summed E-state index contributed by atoms with van der Waals surface area (Å²) < 4.78 is 11.2. The molecule has 0 bridgehead atoms. The van der Waals surface area contributed by atoms with Crippen LogP contribution < -0.4 is 10.5 Å². The maximum absolute atomic E-state index is 13.1. The lowest BCUT2D eigenvalue weighted by atomic mass is 9.99. The van der Waals surface area contributed by atoms with E-state index in [0.29, 0.717) is 41.9 Å². The van der Waals surface area contributed by atoms with Gasteiger partial charge in [-0.05, 0) is 36.5 Å². The number of piperidine rings is 1. The van der Waals surface area contributed by atoms with Crippen LogP contribution in [0.25, 0.3) is 16.8 Å². The molecular weight excluding hydrogens is 400 g/mol. The minimum atomic E-state index is 0.00474. The van der Waals surface area contributed by atoms with Crippen LogP contribution in [0.15, 0.2) is 24.4 Å². The van der Waals surface area contributed by atoms with Gasteiger partial charge in [-0.2, -0.15) is 0 Å². The van der Waals surface area contributed by atoms with Crippen LogP contribution in [0.1, 0.15) is 33.1 Å². The Morgan fingerprint density at radius 3 is 3.13 bits per heavy atom. The van der Waals surface area contributed by atoms with Gasteiger partial charge >= 0.3 is 0 Å². The molecule has 2 aliphatic rings. The molecule has 0 radical (unpaired) electrons. The SMILES string of the molecule is COC[C@@H]1CCCN(C(=O)c2nc3c(s2)CCOc2cc(/C(C=N)=C/N)ccc2-3)C1. The van der Waals surface area contributed by atoms with Crippen molar-refractivity contribution < 1.29 is 14.3 Å². The third-order valence-corrected chi connectivity index (χ3v) is 6.68. The Kier molecular flexibility index (Phi) is 6.15. The molecule has 30 heavy (non-hydrogen) atoms. The number of rotatable bonds is 5. The summed E-state index contributed by atoms with van der Waals surface area (Å²) in [6, 6.07) is 5.72. The lowest BCUT2D eigenvalue weighted by Crippen LogP contribution is -2.41. The fourth-order valence-electron chi connectivity index (χ4n) is 4.08. The first-order valence-electron chi connectivity index (χ1n) is 10.1. The third kappa shape index (κ3) is 3.97. The van der Waals surface area contributed by atoms with Gasteiger partial charge in [-0.1, -0.05) is 6.07 Å². The van der Waals surface area contributed by atoms with Crippen LogP contribution in [0.5, 0.6) is 5.75 Å². The van der Waals surface area contributed by atoms with Gasteiger partial charge in [0.1, 0.15) is 5.75 Å². The molecule has 3 heterocycles. The summed E-state index contributed by atoms with van der Waals surface area (Å²) in [5, 5.41) is 8.05. The largest absolute Gasteiger partial charge is 0.492 e. The summed E-state index contributed by atoms with van der Waals surface area (Å²) in [7, 11) is 1.71. The quantitative estimate of drug-likeness (QED) is 0.715. The lowest BCUT2D eigenvalue weighted by Gasteiger charge is -2.31. The van der Waals surface area contributed by atoms with Crippen molar-refractivity contribution in [3.63, 3.8) is 0 Å². The number of carbonyl (C=O) groups is 1. The summed E-state index contributed by atoms with van der Waals surface area (Å²) >= 11 is 1.47. The van der Waals surface area contributed by atoms with Crippen molar-refractivity contribution >= 4 is 29.0 Å². The van der Waals surface area contributed by atoms with E-state index in [1.54, 1.807) is 7.11 Å². The van der Waals surface area contributed by atoms with Gasteiger partial charge in [-0.15, -0.1) is 11.3 Å². The molecule has 7 nitrogen and oxygen atoms in total. The molecule has 0 aliphatic carbocycles. The van der Waals surface area contributed by atoms with Crippen LogP contribution in [-0.2, 0) is 11.2 Å². The van der Waals surface area contributed by atoms with Crippen LogP contribution in [0, 0.1) is 11.3 Å². The number of fused-ring (bicyclic) bond motifs is 3. The first-order chi connectivity index (χ1) is 14.6. The number of methoxy groups -OCH3 is 1. The fourth-order valence-corrected chi connectivity index (χ4v) is 5.10. The molecule has 2 aliphatic heterocycles. The van der Waals surface area contributed by atoms with Crippen molar-refractivity contribution in [2.24, 2.45) is 11.7 Å². The number of benzene rings is 1. The van der Waals surface area contributed by atoms with E-state index in [4.69, 9.17) is 25.6 Å². The van der Waals surface area contributed by atoms with E-state index in [-0.39, 0.29) is 5.91 Å². The first-order valence-corrected chi connectivity index (χ1v) is 10.9. The standard InChI is InChI=1S/C22H26N4O3S/c1-28-13-14-3-2-7-26(12-14)22(27)21-25-20-17-5-4-15(16(10-23)11-24)9-18(17)29-8-6-19(20)30-21/h4-5,9-11,14,23H,2-3,6-8,12-13,24H2,1H3/b16-11+,23-10?/t14-/m1/s1. The van der Waals surface area contributed by atoms with E-state index in [0.717, 1.165) is 47.6 Å². The fraction of sp³-hybridized carbons (Fsp3) is 0.409. The van der Waals surface area contributed by atoms with E-state index < -0.39 is 0 Å². The molecule has 1 amide bonds. The number of thiazole rings is 1. The van der Waals surface area contributed by atoms with Crippen molar-refractivity contribution in [1.82, 2.24) is 9.88 Å². The molecule has 1 saturated heterocycles. The average Bonchev–Trinajstić information content (AvgIpc) is 3.11. The minimum Gasteiger partial charge on any atom is -0.492 e. The Bertz CT molecular complexity index is 983. The number of hydrogen-bond acceptors (Lipinski definition) is 7. The Morgan fingerprint density at radius 1 is 1.50 bits per heavy atom. The molecule has 1 aromatic heterocycles. The average molecular weight is 427 g/mol. The van der Waals surface area contributed by atoms with Gasteiger partial charge in [-0.3, -0.25) is 4.79 Å². The zero-order chi connectivity index (χ0) is 21.1. The molecule has 1 fully saturated rings. The number of likely N-dealkylation sites (tertiary alicyclic amines) is 1. The van der Waals surface area contributed by atoms with Crippen molar-refractivity contribution in [1.29, 1.82) is 5.41 Å². The molecule has 1 atom stereocenters. The van der Waals surface area contributed by atoms with Crippen molar-refractivity contribution in [3.8, 4) is 17.0 Å². The highest BCUT2D eigenvalue weighted by Gasteiger charge is 2.29. The van der Waals surface area contributed by atoms with E-state index in [9.17, 15) is 4.79 Å².